The van der Waals surface area contributed by atoms with Crippen LogP contribution in [-0.4, -0.2) is 51.7 Å². The summed E-state index contributed by atoms with van der Waals surface area (Å²) in [5.41, 5.74) is 6.49. The topological polar surface area (TPSA) is 108 Å². The van der Waals surface area contributed by atoms with E-state index in [1.807, 2.05) is 18.2 Å². The van der Waals surface area contributed by atoms with Crippen molar-refractivity contribution in [3.05, 3.63) is 75.9 Å². The SMILES string of the molecule is Cc1cc(/C(N)=C/NC2C(O)C(CO)OC(SCc3ccccc3Cl)C2O)cc(F)c1F. The maximum Gasteiger partial charge on any atom is 0.161 e. The lowest BCUT2D eigenvalue weighted by Crippen LogP contribution is -2.62. The quantitative estimate of drug-likeness (QED) is 0.409. The maximum absolute atomic E-state index is 13.7. The summed E-state index contributed by atoms with van der Waals surface area (Å²) >= 11 is 7.45. The molecule has 2 aromatic carbocycles. The number of nitrogens with two attached hydrogens (primary N) is 1. The largest absolute Gasteiger partial charge is 0.397 e. The third-order valence-corrected chi connectivity index (χ3v) is 6.79. The monoisotopic (exact) mass is 486 g/mol. The van der Waals surface area contributed by atoms with Gasteiger partial charge in [0.1, 0.15) is 23.7 Å². The summed E-state index contributed by atoms with van der Waals surface area (Å²) in [7, 11) is 0. The predicted molar refractivity (Wildman–Crippen MR) is 121 cm³/mol. The van der Waals surface area contributed by atoms with E-state index < -0.39 is 48.0 Å². The summed E-state index contributed by atoms with van der Waals surface area (Å²) in [6, 6.07) is 8.69. The summed E-state index contributed by atoms with van der Waals surface area (Å²) in [6.45, 7) is 0.956. The number of benzene rings is 2. The molecule has 10 heteroatoms. The van der Waals surface area contributed by atoms with Crippen molar-refractivity contribution in [3.8, 4) is 0 Å². The second-order valence-corrected chi connectivity index (χ2v) is 8.98. The van der Waals surface area contributed by atoms with Crippen molar-refractivity contribution in [1.82, 2.24) is 5.32 Å². The Morgan fingerprint density at radius 1 is 1.25 bits per heavy atom. The summed E-state index contributed by atoms with van der Waals surface area (Å²) in [5, 5.41) is 34.4. The van der Waals surface area contributed by atoms with Crippen LogP contribution in [-0.2, 0) is 10.5 Å². The van der Waals surface area contributed by atoms with Gasteiger partial charge in [0.05, 0.1) is 18.3 Å². The fourth-order valence-electron chi connectivity index (χ4n) is 3.37. The van der Waals surface area contributed by atoms with Crippen LogP contribution in [0.3, 0.4) is 0 Å². The van der Waals surface area contributed by atoms with E-state index in [9.17, 15) is 24.1 Å². The Bertz CT molecular complexity index is 958. The molecular weight excluding hydrogens is 462 g/mol. The van der Waals surface area contributed by atoms with Gasteiger partial charge in [-0.1, -0.05) is 29.8 Å². The molecule has 0 amide bonds. The van der Waals surface area contributed by atoms with Crippen molar-refractivity contribution in [2.75, 3.05) is 6.61 Å². The fourth-order valence-corrected chi connectivity index (χ4v) is 4.84. The number of aliphatic hydroxyl groups is 3. The Kier molecular flexibility index (Phi) is 8.37. The van der Waals surface area contributed by atoms with Crippen LogP contribution in [0.1, 0.15) is 16.7 Å². The van der Waals surface area contributed by atoms with Gasteiger partial charge in [0, 0.05) is 22.5 Å². The first-order chi connectivity index (χ1) is 15.2. The highest BCUT2D eigenvalue weighted by molar-refractivity contribution is 7.99. The zero-order valence-electron chi connectivity index (χ0n) is 17.2. The third-order valence-electron chi connectivity index (χ3n) is 5.22. The van der Waals surface area contributed by atoms with Gasteiger partial charge >= 0.3 is 0 Å². The van der Waals surface area contributed by atoms with Gasteiger partial charge in [-0.05, 0) is 36.2 Å². The van der Waals surface area contributed by atoms with Crippen LogP contribution in [0.2, 0.25) is 5.02 Å². The molecule has 0 aromatic heterocycles. The minimum atomic E-state index is -1.25. The highest BCUT2D eigenvalue weighted by atomic mass is 35.5. The molecule has 1 heterocycles. The van der Waals surface area contributed by atoms with Crippen molar-refractivity contribution < 1.29 is 28.8 Å². The Hall–Kier alpha value is -1.88. The molecule has 5 atom stereocenters. The first kappa shape index (κ1) is 24.8. The number of nitrogens with one attached hydrogen (secondary N) is 1. The van der Waals surface area contributed by atoms with Crippen LogP contribution < -0.4 is 11.1 Å². The van der Waals surface area contributed by atoms with Gasteiger partial charge in [-0.2, -0.15) is 0 Å². The van der Waals surface area contributed by atoms with Gasteiger partial charge in [0.25, 0.3) is 0 Å². The number of aryl methyl sites for hydroxylation is 1. The lowest BCUT2D eigenvalue weighted by molar-refractivity contribution is -0.164. The minimum Gasteiger partial charge on any atom is -0.397 e. The highest BCUT2D eigenvalue weighted by Gasteiger charge is 2.44. The van der Waals surface area contributed by atoms with Crippen molar-refractivity contribution in [3.63, 3.8) is 0 Å². The average molecular weight is 487 g/mol. The van der Waals surface area contributed by atoms with Crippen LogP contribution in [0.5, 0.6) is 0 Å². The molecular formula is C22H25ClF2N2O4S. The van der Waals surface area contributed by atoms with E-state index in [4.69, 9.17) is 22.1 Å². The molecule has 1 saturated heterocycles. The number of hydrogen-bond donors (Lipinski definition) is 5. The molecule has 5 unspecified atom stereocenters. The summed E-state index contributed by atoms with van der Waals surface area (Å²) < 4.78 is 32.9. The van der Waals surface area contributed by atoms with E-state index in [-0.39, 0.29) is 16.8 Å². The molecule has 0 saturated carbocycles. The van der Waals surface area contributed by atoms with Crippen LogP contribution in [0.15, 0.2) is 42.6 Å². The molecule has 0 spiro atoms. The van der Waals surface area contributed by atoms with Gasteiger partial charge in [-0.3, -0.25) is 0 Å². The number of hydrogen-bond acceptors (Lipinski definition) is 7. The normalized spacial score (nSPS) is 26.2. The van der Waals surface area contributed by atoms with Gasteiger partial charge in [0.15, 0.2) is 11.6 Å². The molecule has 2 aromatic rings. The molecule has 0 bridgehead atoms. The summed E-state index contributed by atoms with van der Waals surface area (Å²) in [5.74, 6) is -1.54. The maximum atomic E-state index is 13.7. The van der Waals surface area contributed by atoms with E-state index in [0.29, 0.717) is 10.8 Å². The average Bonchev–Trinajstić information content (AvgIpc) is 2.77. The van der Waals surface area contributed by atoms with Crippen molar-refractivity contribution in [2.45, 2.75) is 42.5 Å². The van der Waals surface area contributed by atoms with Gasteiger partial charge in [0.2, 0.25) is 0 Å². The van der Waals surface area contributed by atoms with Crippen LogP contribution >= 0.6 is 23.4 Å². The van der Waals surface area contributed by atoms with Crippen molar-refractivity contribution in [2.24, 2.45) is 5.73 Å². The van der Waals surface area contributed by atoms with Crippen LogP contribution in [0.25, 0.3) is 5.70 Å². The Balaban J connectivity index is 1.75. The zero-order chi connectivity index (χ0) is 23.4. The van der Waals surface area contributed by atoms with Crippen molar-refractivity contribution >= 4 is 29.1 Å². The van der Waals surface area contributed by atoms with Gasteiger partial charge in [-0.25, -0.2) is 8.78 Å². The van der Waals surface area contributed by atoms with E-state index in [1.54, 1.807) is 6.07 Å². The molecule has 174 valence electrons. The van der Waals surface area contributed by atoms with Gasteiger partial charge < -0.3 is 31.1 Å². The Morgan fingerprint density at radius 2 is 1.97 bits per heavy atom. The zero-order valence-corrected chi connectivity index (χ0v) is 18.8. The fraction of sp³-hybridized carbons (Fsp3) is 0.364. The summed E-state index contributed by atoms with van der Waals surface area (Å²) in [4.78, 5) is 0. The molecule has 0 radical (unpaired) electrons. The van der Waals surface area contributed by atoms with E-state index in [2.05, 4.69) is 5.32 Å². The van der Waals surface area contributed by atoms with Crippen LogP contribution in [0.4, 0.5) is 8.78 Å². The first-order valence-corrected chi connectivity index (χ1v) is 11.3. The molecule has 0 aliphatic carbocycles. The molecule has 1 aliphatic rings. The van der Waals surface area contributed by atoms with Gasteiger partial charge in [-0.15, -0.1) is 11.8 Å². The smallest absolute Gasteiger partial charge is 0.161 e. The summed E-state index contributed by atoms with van der Waals surface area (Å²) in [6.07, 6.45) is -2.06. The lowest BCUT2D eigenvalue weighted by atomic mass is 9.97. The van der Waals surface area contributed by atoms with E-state index in [1.165, 1.54) is 31.0 Å². The standard InChI is InChI=1S/C22H25ClF2N2O4S/c1-11-6-13(7-15(24)18(11)25)16(26)8-27-19-20(29)17(9-28)31-22(21(19)30)32-10-12-4-2-3-5-14(12)23/h2-8,17,19-22,27-30H,9-10,26H2,1H3/b16-8-. The van der Waals surface area contributed by atoms with Crippen LogP contribution in [0, 0.1) is 18.6 Å². The highest BCUT2D eigenvalue weighted by Crippen LogP contribution is 2.32. The number of ether oxygens (including phenoxy) is 1. The second kappa shape index (κ2) is 10.8. The molecule has 3 rings (SSSR count). The molecule has 32 heavy (non-hydrogen) atoms. The Morgan fingerprint density at radius 3 is 2.62 bits per heavy atom. The second-order valence-electron chi connectivity index (χ2n) is 7.49. The molecule has 1 aliphatic heterocycles. The number of rotatable bonds is 7. The Labute approximate surface area is 194 Å². The molecule has 6 nitrogen and oxygen atoms in total. The third kappa shape index (κ3) is 5.54. The lowest BCUT2D eigenvalue weighted by Gasteiger charge is -2.42. The van der Waals surface area contributed by atoms with Crippen molar-refractivity contribution in [1.29, 1.82) is 0 Å². The molecule has 6 N–H and O–H groups in total. The molecule has 1 fully saturated rings. The number of halogens is 3. The van der Waals surface area contributed by atoms with E-state index in [0.717, 1.165) is 11.6 Å². The number of aliphatic hydroxyl groups excluding tert-OH is 3. The first-order valence-electron chi connectivity index (χ1n) is 9.88. The predicted octanol–water partition coefficient (Wildman–Crippen LogP) is 2.51. The number of thioether (sulfide) groups is 1. The van der Waals surface area contributed by atoms with E-state index >= 15 is 0 Å². The minimum absolute atomic E-state index is 0.0821.